The van der Waals surface area contributed by atoms with Crippen LogP contribution in [0.1, 0.15) is 32.1 Å². The average Bonchev–Trinajstić information content (AvgIpc) is 2.74. The van der Waals surface area contributed by atoms with E-state index in [0.717, 1.165) is 25.7 Å². The van der Waals surface area contributed by atoms with Crippen LogP contribution in [0.4, 0.5) is 0 Å². The molecule has 0 amide bonds. The van der Waals surface area contributed by atoms with E-state index >= 15 is 0 Å². The van der Waals surface area contributed by atoms with Crippen molar-refractivity contribution in [3.63, 3.8) is 0 Å². The van der Waals surface area contributed by atoms with Gasteiger partial charge in [0.25, 0.3) is 0 Å². The van der Waals surface area contributed by atoms with Crippen molar-refractivity contribution < 1.29 is 24.8 Å². The maximum absolute atomic E-state index is 9.74. The Morgan fingerprint density at radius 2 is 1.25 bits per heavy atom. The Labute approximate surface area is 94.0 Å². The zero-order chi connectivity index (χ0) is 11.3. The van der Waals surface area contributed by atoms with Gasteiger partial charge in [-0.1, -0.05) is 6.42 Å². The van der Waals surface area contributed by atoms with Crippen molar-refractivity contribution >= 4 is 0 Å². The summed E-state index contributed by atoms with van der Waals surface area (Å²) in [6.45, 7) is 0. The third-order valence-corrected chi connectivity index (χ3v) is 4.01. The lowest BCUT2D eigenvalue weighted by molar-refractivity contribution is -0.224. The first-order valence-electron chi connectivity index (χ1n) is 6.03. The predicted molar refractivity (Wildman–Crippen MR) is 53.6 cm³/mol. The molecule has 92 valence electrons. The lowest BCUT2D eigenvalue weighted by Gasteiger charge is -2.33. The molecule has 1 saturated heterocycles. The van der Waals surface area contributed by atoms with Crippen LogP contribution in [-0.4, -0.2) is 51.6 Å². The summed E-state index contributed by atoms with van der Waals surface area (Å²) < 4.78 is 11.5. The molecule has 16 heavy (non-hydrogen) atoms. The number of aliphatic hydroxyl groups excluding tert-OH is 3. The highest BCUT2D eigenvalue weighted by molar-refractivity contribution is 5.05. The minimum atomic E-state index is -1.16. The van der Waals surface area contributed by atoms with Gasteiger partial charge in [0.2, 0.25) is 0 Å². The molecule has 5 atom stereocenters. The van der Waals surface area contributed by atoms with Crippen molar-refractivity contribution in [2.45, 2.75) is 68.4 Å². The van der Waals surface area contributed by atoms with Crippen LogP contribution >= 0.6 is 0 Å². The van der Waals surface area contributed by atoms with E-state index in [1.165, 1.54) is 6.42 Å². The molecule has 3 rings (SSSR count). The zero-order valence-corrected chi connectivity index (χ0v) is 9.08. The molecule has 1 spiro atoms. The Bertz CT molecular complexity index is 256. The molecule has 0 aromatic carbocycles. The molecule has 0 radical (unpaired) electrons. The van der Waals surface area contributed by atoms with E-state index in [-0.39, 0.29) is 0 Å². The van der Waals surface area contributed by atoms with Gasteiger partial charge in [0.15, 0.2) is 5.79 Å². The van der Waals surface area contributed by atoms with Gasteiger partial charge in [-0.15, -0.1) is 0 Å². The maximum atomic E-state index is 9.74. The number of aliphatic hydroxyl groups is 3. The van der Waals surface area contributed by atoms with Gasteiger partial charge in [0, 0.05) is 12.8 Å². The Morgan fingerprint density at radius 3 is 1.75 bits per heavy atom. The number of hydrogen-bond acceptors (Lipinski definition) is 5. The molecule has 3 N–H and O–H groups in total. The molecule has 5 nitrogen and oxygen atoms in total. The SMILES string of the molecule is OC1[C@@H](O)[C@@H]2OC3(CCCCC3)O[C@@H]2[C@H]1O. The average molecular weight is 230 g/mol. The molecule has 3 fully saturated rings. The van der Waals surface area contributed by atoms with Crippen LogP contribution in [0.25, 0.3) is 0 Å². The van der Waals surface area contributed by atoms with Gasteiger partial charge in [-0.05, 0) is 12.8 Å². The van der Waals surface area contributed by atoms with Crippen LogP contribution in [0, 0.1) is 0 Å². The first-order chi connectivity index (χ1) is 7.63. The standard InChI is InChI=1S/C11H18O5/c12-6-7(13)9-10(8(6)14)16-11(15-9)4-2-1-3-5-11/h6-10,12-14H,1-5H2/t6?,7-,8+,9+,10-. The highest BCUT2D eigenvalue weighted by Crippen LogP contribution is 2.45. The fourth-order valence-electron chi connectivity index (χ4n) is 3.10. The van der Waals surface area contributed by atoms with E-state index < -0.39 is 36.3 Å². The van der Waals surface area contributed by atoms with Gasteiger partial charge in [0.1, 0.15) is 30.5 Å². The van der Waals surface area contributed by atoms with Crippen LogP contribution < -0.4 is 0 Å². The number of ether oxygens (including phenoxy) is 2. The number of hydrogen-bond donors (Lipinski definition) is 3. The fraction of sp³-hybridized carbons (Fsp3) is 1.00. The summed E-state index contributed by atoms with van der Waals surface area (Å²) in [6, 6.07) is 0. The molecule has 2 saturated carbocycles. The summed E-state index contributed by atoms with van der Waals surface area (Å²) in [4.78, 5) is 0. The van der Waals surface area contributed by atoms with E-state index in [4.69, 9.17) is 9.47 Å². The van der Waals surface area contributed by atoms with Crippen LogP contribution in [0.5, 0.6) is 0 Å². The molecule has 1 heterocycles. The van der Waals surface area contributed by atoms with E-state index in [1.54, 1.807) is 0 Å². The minimum absolute atomic E-state index is 0.580. The van der Waals surface area contributed by atoms with Crippen LogP contribution in [0.15, 0.2) is 0 Å². The van der Waals surface area contributed by atoms with Crippen molar-refractivity contribution in [3.05, 3.63) is 0 Å². The van der Waals surface area contributed by atoms with Gasteiger partial charge >= 0.3 is 0 Å². The van der Waals surface area contributed by atoms with E-state index in [9.17, 15) is 15.3 Å². The van der Waals surface area contributed by atoms with Crippen LogP contribution in [-0.2, 0) is 9.47 Å². The Hall–Kier alpha value is -0.200. The summed E-state index contributed by atoms with van der Waals surface area (Å²) >= 11 is 0. The van der Waals surface area contributed by atoms with Gasteiger partial charge in [-0.25, -0.2) is 0 Å². The van der Waals surface area contributed by atoms with Crippen molar-refractivity contribution in [2.24, 2.45) is 0 Å². The van der Waals surface area contributed by atoms with Gasteiger partial charge in [-0.3, -0.25) is 0 Å². The molecule has 0 aromatic rings. The van der Waals surface area contributed by atoms with E-state index in [0.29, 0.717) is 0 Å². The smallest absolute Gasteiger partial charge is 0.169 e. The number of fused-ring (bicyclic) bond motifs is 1. The van der Waals surface area contributed by atoms with Crippen molar-refractivity contribution in [3.8, 4) is 0 Å². The first-order valence-corrected chi connectivity index (χ1v) is 6.03. The van der Waals surface area contributed by atoms with E-state index in [2.05, 4.69) is 0 Å². The molecular formula is C11H18O5. The van der Waals surface area contributed by atoms with Crippen LogP contribution in [0.3, 0.4) is 0 Å². The fourth-order valence-corrected chi connectivity index (χ4v) is 3.10. The second kappa shape index (κ2) is 3.65. The molecule has 1 unspecified atom stereocenters. The van der Waals surface area contributed by atoms with Gasteiger partial charge in [0.05, 0.1) is 0 Å². The Morgan fingerprint density at radius 1 is 0.750 bits per heavy atom. The predicted octanol–water partition coefficient (Wildman–Crippen LogP) is -0.473. The highest BCUT2D eigenvalue weighted by atomic mass is 16.8. The third kappa shape index (κ3) is 1.43. The summed E-state index contributed by atoms with van der Waals surface area (Å²) in [5, 5.41) is 29.0. The molecule has 3 aliphatic rings. The second-order valence-corrected chi connectivity index (χ2v) is 5.11. The topological polar surface area (TPSA) is 79.2 Å². The van der Waals surface area contributed by atoms with Crippen LogP contribution in [0.2, 0.25) is 0 Å². The zero-order valence-electron chi connectivity index (χ0n) is 9.08. The molecule has 1 aliphatic heterocycles. The quantitative estimate of drug-likeness (QED) is 0.524. The van der Waals surface area contributed by atoms with Crippen molar-refractivity contribution in [1.82, 2.24) is 0 Å². The highest BCUT2D eigenvalue weighted by Gasteiger charge is 2.60. The first kappa shape index (κ1) is 10.9. The minimum Gasteiger partial charge on any atom is -0.387 e. The molecule has 0 bridgehead atoms. The lowest BCUT2D eigenvalue weighted by Crippen LogP contribution is -2.41. The summed E-state index contributed by atoms with van der Waals surface area (Å²) in [5.74, 6) is -0.615. The normalized spacial score (nSPS) is 50.8. The van der Waals surface area contributed by atoms with E-state index in [1.807, 2.05) is 0 Å². The van der Waals surface area contributed by atoms with Crippen molar-refractivity contribution in [2.75, 3.05) is 0 Å². The summed E-state index contributed by atoms with van der Waals surface area (Å²) in [5.41, 5.74) is 0. The molecule has 0 aromatic heterocycles. The lowest BCUT2D eigenvalue weighted by atomic mass is 9.94. The molecule has 5 heteroatoms. The molecular weight excluding hydrogens is 212 g/mol. The number of rotatable bonds is 0. The summed E-state index contributed by atoms with van der Waals surface area (Å²) in [7, 11) is 0. The third-order valence-electron chi connectivity index (χ3n) is 4.01. The van der Waals surface area contributed by atoms with Gasteiger partial charge in [-0.2, -0.15) is 0 Å². The largest absolute Gasteiger partial charge is 0.387 e. The Kier molecular flexibility index (Phi) is 2.49. The molecule has 2 aliphatic carbocycles. The maximum Gasteiger partial charge on any atom is 0.169 e. The summed E-state index contributed by atoms with van der Waals surface area (Å²) in [6.07, 6.45) is 0.509. The second-order valence-electron chi connectivity index (χ2n) is 5.11. The monoisotopic (exact) mass is 230 g/mol. The Balaban J connectivity index is 1.78. The van der Waals surface area contributed by atoms with Gasteiger partial charge < -0.3 is 24.8 Å². The van der Waals surface area contributed by atoms with Crippen molar-refractivity contribution in [1.29, 1.82) is 0 Å².